The molecule has 0 aliphatic carbocycles. The third-order valence-corrected chi connectivity index (χ3v) is 3.29. The summed E-state index contributed by atoms with van der Waals surface area (Å²) in [7, 11) is 0. The second-order valence-corrected chi connectivity index (χ2v) is 5.21. The summed E-state index contributed by atoms with van der Waals surface area (Å²) >= 11 is 3.39. The molecule has 3 nitrogen and oxygen atoms in total. The molecule has 4 heteroatoms. The summed E-state index contributed by atoms with van der Waals surface area (Å²) in [4.78, 5) is 2.11. The van der Waals surface area contributed by atoms with Gasteiger partial charge in [0.25, 0.3) is 0 Å². The highest BCUT2D eigenvalue weighted by Gasteiger charge is 2.06. The molecule has 0 spiro atoms. The predicted octanol–water partition coefficient (Wildman–Crippen LogP) is 3.56. The first kappa shape index (κ1) is 14.7. The Kier molecular flexibility index (Phi) is 5.72. The van der Waals surface area contributed by atoms with E-state index < -0.39 is 0 Å². The van der Waals surface area contributed by atoms with Gasteiger partial charge in [-0.15, -0.1) is 6.42 Å². The fourth-order valence-electron chi connectivity index (χ4n) is 1.79. The third-order valence-electron chi connectivity index (χ3n) is 2.76. The number of hydrogen-bond acceptors (Lipinski definition) is 3. The Morgan fingerprint density at radius 3 is 2.70 bits per heavy atom. The van der Waals surface area contributed by atoms with Gasteiger partial charge in [0, 0.05) is 11.0 Å². The number of rotatable bonds is 7. The molecule has 2 rings (SSSR count). The second kappa shape index (κ2) is 7.78. The molecule has 1 aromatic carbocycles. The number of hydrogen-bond donors (Lipinski definition) is 0. The summed E-state index contributed by atoms with van der Waals surface area (Å²) in [5.41, 5.74) is 0. The van der Waals surface area contributed by atoms with E-state index in [-0.39, 0.29) is 0 Å². The van der Waals surface area contributed by atoms with Crippen molar-refractivity contribution in [3.63, 3.8) is 0 Å². The monoisotopic (exact) mass is 333 g/mol. The number of benzene rings is 1. The molecule has 20 heavy (non-hydrogen) atoms. The minimum atomic E-state index is 0.574. The zero-order valence-electron chi connectivity index (χ0n) is 11.1. The van der Waals surface area contributed by atoms with Crippen molar-refractivity contribution < 1.29 is 9.15 Å². The first-order chi connectivity index (χ1) is 9.78. The lowest BCUT2D eigenvalue weighted by atomic mass is 10.3. The summed E-state index contributed by atoms with van der Waals surface area (Å²) < 4.78 is 12.1. The maximum Gasteiger partial charge on any atom is 0.119 e. The zero-order valence-corrected chi connectivity index (χ0v) is 12.7. The Balaban J connectivity index is 1.80. The second-order valence-electron chi connectivity index (χ2n) is 4.30. The largest absolute Gasteiger partial charge is 0.492 e. The molecular formula is C16H16BrNO2. The number of ether oxygens (including phenoxy) is 1. The van der Waals surface area contributed by atoms with E-state index in [9.17, 15) is 0 Å². The number of furan rings is 1. The first-order valence-electron chi connectivity index (χ1n) is 6.34. The smallest absolute Gasteiger partial charge is 0.119 e. The molecule has 0 atom stereocenters. The molecule has 104 valence electrons. The van der Waals surface area contributed by atoms with E-state index in [4.69, 9.17) is 15.6 Å². The topological polar surface area (TPSA) is 25.6 Å². The van der Waals surface area contributed by atoms with E-state index in [2.05, 4.69) is 26.8 Å². The van der Waals surface area contributed by atoms with Gasteiger partial charge >= 0.3 is 0 Å². The maximum absolute atomic E-state index is 5.70. The van der Waals surface area contributed by atoms with Crippen LogP contribution >= 0.6 is 15.9 Å². The van der Waals surface area contributed by atoms with Gasteiger partial charge in [-0.25, -0.2) is 0 Å². The summed E-state index contributed by atoms with van der Waals surface area (Å²) in [6, 6.07) is 11.6. The highest BCUT2D eigenvalue weighted by molar-refractivity contribution is 9.10. The molecule has 0 aliphatic heterocycles. The Morgan fingerprint density at radius 2 is 2.05 bits per heavy atom. The van der Waals surface area contributed by atoms with Crippen molar-refractivity contribution >= 4 is 15.9 Å². The lowest BCUT2D eigenvalue weighted by Crippen LogP contribution is -2.28. The molecular weight excluding hydrogens is 318 g/mol. The fourth-order valence-corrected chi connectivity index (χ4v) is 2.05. The highest BCUT2D eigenvalue weighted by Crippen LogP contribution is 2.16. The first-order valence-corrected chi connectivity index (χ1v) is 7.14. The van der Waals surface area contributed by atoms with Gasteiger partial charge in [-0.05, 0) is 36.4 Å². The third kappa shape index (κ3) is 4.76. The van der Waals surface area contributed by atoms with Gasteiger partial charge in [-0.2, -0.15) is 0 Å². The van der Waals surface area contributed by atoms with Crippen LogP contribution in [0, 0.1) is 12.3 Å². The van der Waals surface area contributed by atoms with Crippen molar-refractivity contribution in [2.45, 2.75) is 6.54 Å². The van der Waals surface area contributed by atoms with Crippen molar-refractivity contribution in [3.05, 3.63) is 52.9 Å². The van der Waals surface area contributed by atoms with E-state index in [1.54, 1.807) is 6.26 Å². The summed E-state index contributed by atoms with van der Waals surface area (Å²) in [6.07, 6.45) is 7.06. The minimum Gasteiger partial charge on any atom is -0.492 e. The zero-order chi connectivity index (χ0) is 14.2. The average Bonchev–Trinajstić information content (AvgIpc) is 2.94. The molecule has 0 saturated heterocycles. The van der Waals surface area contributed by atoms with Crippen LogP contribution in [0.5, 0.6) is 5.75 Å². The molecule has 2 aromatic rings. The van der Waals surface area contributed by atoms with Gasteiger partial charge < -0.3 is 9.15 Å². The molecule has 0 saturated carbocycles. The molecule has 0 fully saturated rings. The van der Waals surface area contributed by atoms with Crippen LogP contribution in [0.2, 0.25) is 0 Å². The summed E-state index contributed by atoms with van der Waals surface area (Å²) in [5.74, 6) is 4.42. The fraction of sp³-hybridized carbons (Fsp3) is 0.250. The number of halogens is 1. The molecule has 0 unspecified atom stereocenters. The Bertz CT molecular complexity index is 543. The number of terminal acetylenes is 1. The van der Waals surface area contributed by atoms with Crippen molar-refractivity contribution in [3.8, 4) is 18.1 Å². The van der Waals surface area contributed by atoms with Crippen molar-refractivity contribution in [2.24, 2.45) is 0 Å². The summed E-state index contributed by atoms with van der Waals surface area (Å²) in [5, 5.41) is 0. The van der Waals surface area contributed by atoms with Crippen molar-refractivity contribution in [1.29, 1.82) is 0 Å². The van der Waals surface area contributed by atoms with Crippen molar-refractivity contribution in [2.75, 3.05) is 19.7 Å². The SMILES string of the molecule is C#CCN(CCOc1ccc(Br)cc1)Cc1ccco1. The van der Waals surface area contributed by atoms with Gasteiger partial charge in [-0.1, -0.05) is 21.9 Å². The molecule has 1 heterocycles. The molecule has 0 bridgehead atoms. The van der Waals surface area contributed by atoms with Crippen LogP contribution < -0.4 is 4.74 Å². The molecule has 0 N–H and O–H groups in total. The van der Waals surface area contributed by atoms with Gasteiger partial charge in [0.1, 0.15) is 18.1 Å². The lowest BCUT2D eigenvalue weighted by Gasteiger charge is -2.18. The average molecular weight is 334 g/mol. The summed E-state index contributed by atoms with van der Waals surface area (Å²) in [6.45, 7) is 2.61. The van der Waals surface area contributed by atoms with Crippen LogP contribution in [0.4, 0.5) is 0 Å². The molecule has 0 amide bonds. The van der Waals surface area contributed by atoms with Gasteiger partial charge in [-0.3, -0.25) is 4.90 Å². The van der Waals surface area contributed by atoms with E-state index in [0.717, 1.165) is 22.5 Å². The van der Waals surface area contributed by atoms with Crippen LogP contribution in [0.15, 0.2) is 51.6 Å². The number of nitrogens with zero attached hydrogens (tertiary/aromatic N) is 1. The molecule has 1 aromatic heterocycles. The van der Waals surface area contributed by atoms with Crippen LogP contribution in [0.1, 0.15) is 5.76 Å². The van der Waals surface area contributed by atoms with Gasteiger partial charge in [0.15, 0.2) is 0 Å². The quantitative estimate of drug-likeness (QED) is 0.724. The maximum atomic E-state index is 5.70. The van der Waals surface area contributed by atoms with Crippen LogP contribution in [-0.4, -0.2) is 24.6 Å². The van der Waals surface area contributed by atoms with E-state index in [1.807, 2.05) is 36.4 Å². The minimum absolute atomic E-state index is 0.574. The standard InChI is InChI=1S/C16H16BrNO2/c1-2-9-18(13-16-4-3-11-19-16)10-12-20-15-7-5-14(17)6-8-15/h1,3-8,11H,9-10,12-13H2. The van der Waals surface area contributed by atoms with E-state index in [1.165, 1.54) is 0 Å². The normalized spacial score (nSPS) is 10.4. The van der Waals surface area contributed by atoms with Gasteiger partial charge in [0.05, 0.1) is 19.4 Å². The Labute approximate surface area is 127 Å². The van der Waals surface area contributed by atoms with Gasteiger partial charge in [0.2, 0.25) is 0 Å². The van der Waals surface area contributed by atoms with E-state index >= 15 is 0 Å². The lowest BCUT2D eigenvalue weighted by molar-refractivity contribution is 0.209. The Hall–Kier alpha value is -1.70. The van der Waals surface area contributed by atoms with Crippen LogP contribution in [0.3, 0.4) is 0 Å². The molecule has 0 radical (unpaired) electrons. The van der Waals surface area contributed by atoms with Crippen LogP contribution in [0.25, 0.3) is 0 Å². The Morgan fingerprint density at radius 1 is 1.25 bits per heavy atom. The predicted molar refractivity (Wildman–Crippen MR) is 82.5 cm³/mol. The van der Waals surface area contributed by atoms with Crippen LogP contribution in [-0.2, 0) is 6.54 Å². The van der Waals surface area contributed by atoms with E-state index in [0.29, 0.717) is 19.7 Å². The van der Waals surface area contributed by atoms with Crippen molar-refractivity contribution in [1.82, 2.24) is 4.90 Å². The highest BCUT2D eigenvalue weighted by atomic mass is 79.9. The molecule has 0 aliphatic rings.